The third-order valence-corrected chi connectivity index (χ3v) is 5.85. The summed E-state index contributed by atoms with van der Waals surface area (Å²) in [5.41, 5.74) is 0.805. The molecule has 0 saturated carbocycles. The van der Waals surface area contributed by atoms with Crippen LogP contribution in [0.5, 0.6) is 0 Å². The Hall–Kier alpha value is -2.56. The van der Waals surface area contributed by atoms with Gasteiger partial charge in [-0.25, -0.2) is 8.42 Å². The molecule has 0 saturated heterocycles. The van der Waals surface area contributed by atoms with Crippen molar-refractivity contribution in [2.75, 3.05) is 13.1 Å². The second-order valence-electron chi connectivity index (χ2n) is 5.62. The number of nitrogens with zero attached hydrogens (tertiary/aromatic N) is 4. The number of aliphatic hydroxyl groups excluding tert-OH is 1. The molecule has 10 heteroatoms. The van der Waals surface area contributed by atoms with Gasteiger partial charge in [-0.3, -0.25) is 14.8 Å². The molecule has 9 nitrogen and oxygen atoms in total. The number of nitro groups is 1. The average molecular weight is 364 g/mol. The van der Waals surface area contributed by atoms with Crippen molar-refractivity contribution in [2.24, 2.45) is 7.05 Å². The van der Waals surface area contributed by atoms with E-state index in [4.69, 9.17) is 0 Å². The summed E-state index contributed by atoms with van der Waals surface area (Å²) in [6.45, 7) is -0.176. The van der Waals surface area contributed by atoms with Gasteiger partial charge in [0.1, 0.15) is 0 Å². The lowest BCUT2D eigenvalue weighted by Gasteiger charge is -2.29. The first kappa shape index (κ1) is 17.3. The van der Waals surface area contributed by atoms with E-state index in [0.717, 1.165) is 10.4 Å². The van der Waals surface area contributed by atoms with Crippen molar-refractivity contribution < 1.29 is 18.4 Å². The van der Waals surface area contributed by atoms with Crippen LogP contribution < -0.4 is 0 Å². The van der Waals surface area contributed by atoms with E-state index in [1.54, 1.807) is 30.2 Å². The summed E-state index contributed by atoms with van der Waals surface area (Å²) in [5.74, 6) is 0. The Balaban J connectivity index is 1.94. The molecule has 132 valence electrons. The van der Waals surface area contributed by atoms with Crippen LogP contribution >= 0.6 is 0 Å². The highest BCUT2D eigenvalue weighted by Gasteiger charge is 2.35. The van der Waals surface area contributed by atoms with Gasteiger partial charge >= 0.3 is 0 Å². The Morgan fingerprint density at radius 2 is 2.08 bits per heavy atom. The third-order valence-electron chi connectivity index (χ3n) is 3.97. The lowest BCUT2D eigenvalue weighted by molar-refractivity contribution is -0.387. The first-order valence-corrected chi connectivity index (χ1v) is 8.85. The third kappa shape index (κ3) is 3.18. The van der Waals surface area contributed by atoms with E-state index < -0.39 is 26.7 Å². The molecule has 25 heavy (non-hydrogen) atoms. The molecule has 1 aromatic carbocycles. The summed E-state index contributed by atoms with van der Waals surface area (Å²) in [5, 5.41) is 25.5. The number of hydrogen-bond acceptors (Lipinski definition) is 6. The average Bonchev–Trinajstić information content (AvgIpc) is 3.00. The molecule has 0 spiro atoms. The lowest BCUT2D eigenvalue weighted by atomic mass is 10.0. The number of β-amino-alcohol motifs (C(OH)–C–C–N with tert-alkyl or cyclic N) is 1. The molecule has 1 atom stereocenters. The zero-order valence-corrected chi connectivity index (χ0v) is 14.1. The molecule has 0 fully saturated rings. The Labute approximate surface area is 144 Å². The molecule has 0 amide bonds. The number of para-hydroxylation sites is 1. The molecule has 0 bridgehead atoms. The van der Waals surface area contributed by atoms with Crippen molar-refractivity contribution in [3.63, 3.8) is 0 Å². The maximum atomic E-state index is 12.8. The van der Waals surface area contributed by atoms with Gasteiger partial charge in [0.25, 0.3) is 5.69 Å². The summed E-state index contributed by atoms with van der Waals surface area (Å²) < 4.78 is 28.2. The number of aliphatic hydroxyl groups is 1. The molecule has 2 heterocycles. The van der Waals surface area contributed by atoms with Crippen LogP contribution in [0.3, 0.4) is 0 Å². The summed E-state index contributed by atoms with van der Waals surface area (Å²) in [6, 6.07) is 5.17. The zero-order valence-electron chi connectivity index (χ0n) is 13.3. The van der Waals surface area contributed by atoms with Crippen LogP contribution in [0, 0.1) is 10.1 Å². The molecule has 1 aliphatic heterocycles. The fraction of sp³-hybridized carbons (Fsp3) is 0.267. The van der Waals surface area contributed by atoms with Crippen molar-refractivity contribution in [3.8, 4) is 0 Å². The van der Waals surface area contributed by atoms with Crippen LogP contribution in [-0.4, -0.2) is 51.7 Å². The summed E-state index contributed by atoms with van der Waals surface area (Å²) in [4.78, 5) is 9.99. The second-order valence-corrected chi connectivity index (χ2v) is 7.53. The van der Waals surface area contributed by atoms with Crippen molar-refractivity contribution in [1.82, 2.24) is 14.1 Å². The molecule has 0 radical (unpaired) electrons. The van der Waals surface area contributed by atoms with E-state index >= 15 is 0 Å². The van der Waals surface area contributed by atoms with Crippen molar-refractivity contribution in [2.45, 2.75) is 11.0 Å². The molecule has 0 unspecified atom stereocenters. The SMILES string of the molecule is Cn1cc(C2=CCN(S(=O)(=O)c3ccccc3[N+](=O)[O-])C[C@@H]2O)cn1. The number of hydrogen-bond donors (Lipinski definition) is 1. The molecular weight excluding hydrogens is 348 g/mol. The van der Waals surface area contributed by atoms with Crippen LogP contribution in [0.15, 0.2) is 47.6 Å². The maximum absolute atomic E-state index is 12.8. The first-order chi connectivity index (χ1) is 11.8. The minimum absolute atomic E-state index is 0.00959. The molecule has 0 aliphatic carbocycles. The van der Waals surface area contributed by atoms with Gasteiger partial charge in [-0.05, 0) is 11.6 Å². The minimum Gasteiger partial charge on any atom is -0.387 e. The largest absolute Gasteiger partial charge is 0.387 e. The number of aromatic nitrogens is 2. The van der Waals surface area contributed by atoms with E-state index in [-0.39, 0.29) is 18.0 Å². The summed E-state index contributed by atoms with van der Waals surface area (Å²) >= 11 is 0. The van der Waals surface area contributed by atoms with E-state index in [9.17, 15) is 23.6 Å². The molecule has 1 aromatic heterocycles. The highest BCUT2D eigenvalue weighted by Crippen LogP contribution is 2.30. The van der Waals surface area contributed by atoms with Gasteiger partial charge in [-0.2, -0.15) is 9.40 Å². The van der Waals surface area contributed by atoms with Crippen molar-refractivity contribution in [1.29, 1.82) is 0 Å². The lowest BCUT2D eigenvalue weighted by Crippen LogP contribution is -2.41. The predicted octanol–water partition coefficient (Wildman–Crippen LogP) is 0.777. The normalized spacial score (nSPS) is 18.8. The minimum atomic E-state index is -4.10. The van der Waals surface area contributed by atoms with Gasteiger partial charge in [0.2, 0.25) is 10.0 Å². The fourth-order valence-electron chi connectivity index (χ4n) is 2.74. The van der Waals surface area contributed by atoms with Crippen LogP contribution in [0.1, 0.15) is 5.56 Å². The Morgan fingerprint density at radius 1 is 1.36 bits per heavy atom. The monoisotopic (exact) mass is 364 g/mol. The van der Waals surface area contributed by atoms with E-state index in [0.29, 0.717) is 11.1 Å². The topological polar surface area (TPSA) is 119 Å². The molecule has 2 aromatic rings. The van der Waals surface area contributed by atoms with Gasteiger partial charge < -0.3 is 5.11 Å². The molecule has 3 rings (SSSR count). The number of sulfonamides is 1. The van der Waals surface area contributed by atoms with Crippen LogP contribution in [0.25, 0.3) is 5.57 Å². The zero-order chi connectivity index (χ0) is 18.2. The second kappa shape index (κ2) is 6.39. The summed E-state index contributed by atoms with van der Waals surface area (Å²) in [6.07, 6.45) is 3.86. The maximum Gasteiger partial charge on any atom is 0.289 e. The number of rotatable bonds is 4. The van der Waals surface area contributed by atoms with Gasteiger partial charge in [0, 0.05) is 38.0 Å². The Bertz CT molecular complexity index is 950. The van der Waals surface area contributed by atoms with E-state index in [1.165, 1.54) is 18.2 Å². The number of aryl methyl sites for hydroxylation is 1. The van der Waals surface area contributed by atoms with Gasteiger partial charge in [0.05, 0.1) is 17.2 Å². The molecular formula is C15H16N4O5S. The first-order valence-electron chi connectivity index (χ1n) is 7.41. The number of nitro benzene ring substituents is 1. The quantitative estimate of drug-likeness (QED) is 0.632. The van der Waals surface area contributed by atoms with Crippen LogP contribution in [-0.2, 0) is 17.1 Å². The van der Waals surface area contributed by atoms with Crippen LogP contribution in [0.2, 0.25) is 0 Å². The smallest absolute Gasteiger partial charge is 0.289 e. The predicted molar refractivity (Wildman–Crippen MR) is 89.0 cm³/mol. The van der Waals surface area contributed by atoms with Gasteiger partial charge in [-0.1, -0.05) is 18.2 Å². The molecule has 1 aliphatic rings. The highest BCUT2D eigenvalue weighted by molar-refractivity contribution is 7.89. The number of benzene rings is 1. The van der Waals surface area contributed by atoms with Gasteiger partial charge in [0.15, 0.2) is 4.90 Å². The van der Waals surface area contributed by atoms with E-state index in [1.807, 2.05) is 0 Å². The van der Waals surface area contributed by atoms with Crippen molar-refractivity contribution in [3.05, 3.63) is 58.4 Å². The van der Waals surface area contributed by atoms with Crippen molar-refractivity contribution >= 4 is 21.3 Å². The van der Waals surface area contributed by atoms with Gasteiger partial charge in [-0.15, -0.1) is 0 Å². The fourth-order valence-corrected chi connectivity index (χ4v) is 4.29. The Kier molecular flexibility index (Phi) is 4.41. The van der Waals surface area contributed by atoms with E-state index in [2.05, 4.69) is 5.10 Å². The molecule has 1 N–H and O–H groups in total. The Morgan fingerprint density at radius 3 is 2.68 bits per heavy atom. The standard InChI is InChI=1S/C15H16N4O5S/c1-17-9-11(8-16-17)12-6-7-18(10-14(12)20)25(23,24)15-5-3-2-4-13(15)19(21)22/h2-6,8-9,14,20H,7,10H2,1H3/t14-/m0/s1. The van der Waals surface area contributed by atoms with Crippen LogP contribution in [0.4, 0.5) is 5.69 Å². The highest BCUT2D eigenvalue weighted by atomic mass is 32.2. The summed E-state index contributed by atoms with van der Waals surface area (Å²) in [7, 11) is -2.36.